The smallest absolute Gasteiger partial charge is 0.251 e. The molecule has 0 aliphatic heterocycles. The maximum atomic E-state index is 12.1. The van der Waals surface area contributed by atoms with Gasteiger partial charge >= 0.3 is 0 Å². The average Bonchev–Trinajstić information content (AvgIpc) is 2.47. The predicted molar refractivity (Wildman–Crippen MR) is 105 cm³/mol. The van der Waals surface area contributed by atoms with Crippen LogP contribution in [0.4, 0.5) is 5.69 Å². The fraction of sp³-hybridized carbons (Fsp3) is 0.650. The molecule has 0 bridgehead atoms. The van der Waals surface area contributed by atoms with E-state index in [-0.39, 0.29) is 17.0 Å². The van der Waals surface area contributed by atoms with E-state index < -0.39 is 0 Å². The van der Waals surface area contributed by atoms with Gasteiger partial charge in [0, 0.05) is 35.5 Å². The maximum absolute atomic E-state index is 12.1. The van der Waals surface area contributed by atoms with Crippen molar-refractivity contribution in [3.05, 3.63) is 29.8 Å². The van der Waals surface area contributed by atoms with Crippen molar-refractivity contribution in [3.8, 4) is 0 Å². The molecule has 0 radical (unpaired) electrons. The number of hydrogen-bond donors (Lipinski definition) is 3. The lowest BCUT2D eigenvalue weighted by Crippen LogP contribution is -2.36. The SMILES string of the molecule is CC(C)(C)NCCCOCCNC(=O)c1ccc(NC(C)(C)C)cc1. The second-order valence-corrected chi connectivity index (χ2v) is 8.35. The summed E-state index contributed by atoms with van der Waals surface area (Å²) < 4.78 is 5.54. The molecular weight excluding hydrogens is 314 g/mol. The molecule has 25 heavy (non-hydrogen) atoms. The lowest BCUT2D eigenvalue weighted by atomic mass is 10.1. The third-order valence-corrected chi connectivity index (χ3v) is 3.32. The number of anilines is 1. The van der Waals surface area contributed by atoms with Gasteiger partial charge in [0.15, 0.2) is 0 Å². The molecule has 0 saturated carbocycles. The Kier molecular flexibility index (Phi) is 8.39. The molecule has 1 rings (SSSR count). The highest BCUT2D eigenvalue weighted by atomic mass is 16.5. The van der Waals surface area contributed by atoms with Crippen molar-refractivity contribution in [1.82, 2.24) is 10.6 Å². The summed E-state index contributed by atoms with van der Waals surface area (Å²) in [6, 6.07) is 7.53. The Morgan fingerprint density at radius 1 is 0.920 bits per heavy atom. The van der Waals surface area contributed by atoms with Gasteiger partial charge in [0.25, 0.3) is 5.91 Å². The molecule has 0 heterocycles. The molecule has 0 aliphatic rings. The van der Waals surface area contributed by atoms with Crippen LogP contribution in [0.5, 0.6) is 0 Å². The summed E-state index contributed by atoms with van der Waals surface area (Å²) in [7, 11) is 0. The Balaban J connectivity index is 2.18. The lowest BCUT2D eigenvalue weighted by Gasteiger charge is -2.22. The summed E-state index contributed by atoms with van der Waals surface area (Å²) >= 11 is 0. The van der Waals surface area contributed by atoms with E-state index in [1.165, 1.54) is 0 Å². The first kappa shape index (κ1) is 21.5. The lowest BCUT2D eigenvalue weighted by molar-refractivity contribution is 0.0912. The van der Waals surface area contributed by atoms with Crippen molar-refractivity contribution >= 4 is 11.6 Å². The van der Waals surface area contributed by atoms with Crippen molar-refractivity contribution in [3.63, 3.8) is 0 Å². The number of carbonyl (C=O) groups is 1. The van der Waals surface area contributed by atoms with Crippen LogP contribution < -0.4 is 16.0 Å². The third-order valence-electron chi connectivity index (χ3n) is 3.32. The van der Waals surface area contributed by atoms with Gasteiger partial charge in [0.1, 0.15) is 0 Å². The third kappa shape index (κ3) is 10.8. The summed E-state index contributed by atoms with van der Waals surface area (Å²) in [5.74, 6) is -0.0692. The van der Waals surface area contributed by atoms with Crippen LogP contribution in [0.2, 0.25) is 0 Å². The van der Waals surface area contributed by atoms with E-state index in [2.05, 4.69) is 57.5 Å². The van der Waals surface area contributed by atoms with E-state index in [9.17, 15) is 4.79 Å². The average molecular weight is 350 g/mol. The number of rotatable bonds is 9. The topological polar surface area (TPSA) is 62.4 Å². The zero-order valence-electron chi connectivity index (χ0n) is 16.7. The quantitative estimate of drug-likeness (QED) is 0.598. The first-order valence-corrected chi connectivity index (χ1v) is 9.06. The van der Waals surface area contributed by atoms with Crippen LogP contribution in [0.25, 0.3) is 0 Å². The molecule has 1 aromatic rings. The van der Waals surface area contributed by atoms with Gasteiger partial charge in [-0.3, -0.25) is 4.79 Å². The van der Waals surface area contributed by atoms with Gasteiger partial charge < -0.3 is 20.7 Å². The van der Waals surface area contributed by atoms with Crippen LogP contribution in [0.3, 0.4) is 0 Å². The molecular formula is C20H35N3O2. The van der Waals surface area contributed by atoms with Crippen LogP contribution >= 0.6 is 0 Å². The minimum atomic E-state index is -0.0692. The highest BCUT2D eigenvalue weighted by Gasteiger charge is 2.10. The normalized spacial score (nSPS) is 12.1. The molecule has 5 heteroatoms. The number of hydrogen-bond acceptors (Lipinski definition) is 4. The Labute approximate surface area is 152 Å². The zero-order valence-corrected chi connectivity index (χ0v) is 16.7. The fourth-order valence-electron chi connectivity index (χ4n) is 2.22. The van der Waals surface area contributed by atoms with Gasteiger partial charge in [-0.05, 0) is 78.8 Å². The van der Waals surface area contributed by atoms with Gasteiger partial charge in [-0.15, -0.1) is 0 Å². The van der Waals surface area contributed by atoms with Crippen LogP contribution in [0.1, 0.15) is 58.3 Å². The number of benzene rings is 1. The molecule has 0 fully saturated rings. The maximum Gasteiger partial charge on any atom is 0.251 e. The minimum absolute atomic E-state index is 0.00349. The van der Waals surface area contributed by atoms with Crippen molar-refractivity contribution in [2.45, 2.75) is 59.0 Å². The summed E-state index contributed by atoms with van der Waals surface area (Å²) in [5.41, 5.74) is 1.82. The minimum Gasteiger partial charge on any atom is -0.380 e. The molecule has 1 aromatic carbocycles. The molecule has 142 valence electrons. The van der Waals surface area contributed by atoms with Gasteiger partial charge in [0.05, 0.1) is 6.61 Å². The van der Waals surface area contributed by atoms with Crippen LogP contribution in [-0.4, -0.2) is 43.3 Å². The van der Waals surface area contributed by atoms with E-state index in [0.29, 0.717) is 25.3 Å². The van der Waals surface area contributed by atoms with Crippen molar-refractivity contribution in [2.75, 3.05) is 31.6 Å². The Morgan fingerprint density at radius 2 is 1.56 bits per heavy atom. The van der Waals surface area contributed by atoms with Gasteiger partial charge in [-0.25, -0.2) is 0 Å². The Bertz CT molecular complexity index is 513. The monoisotopic (exact) mass is 349 g/mol. The fourth-order valence-corrected chi connectivity index (χ4v) is 2.22. The molecule has 1 amide bonds. The second-order valence-electron chi connectivity index (χ2n) is 8.35. The predicted octanol–water partition coefficient (Wildman–Crippen LogP) is 3.42. The van der Waals surface area contributed by atoms with Crippen molar-refractivity contribution in [1.29, 1.82) is 0 Å². The molecule has 0 aliphatic carbocycles. The first-order valence-electron chi connectivity index (χ1n) is 9.06. The summed E-state index contributed by atoms with van der Waals surface area (Å²) in [6.45, 7) is 15.4. The molecule has 0 aromatic heterocycles. The number of carbonyl (C=O) groups excluding carboxylic acids is 1. The van der Waals surface area contributed by atoms with E-state index in [1.807, 2.05) is 24.3 Å². The summed E-state index contributed by atoms with van der Waals surface area (Å²) in [4.78, 5) is 12.1. The van der Waals surface area contributed by atoms with E-state index >= 15 is 0 Å². The molecule has 0 spiro atoms. The van der Waals surface area contributed by atoms with E-state index in [1.54, 1.807) is 0 Å². The number of amides is 1. The summed E-state index contributed by atoms with van der Waals surface area (Å²) in [6.07, 6.45) is 0.966. The highest BCUT2D eigenvalue weighted by molar-refractivity contribution is 5.94. The first-order chi connectivity index (χ1) is 11.6. The standard InChI is InChI=1S/C20H35N3O2/c1-19(2,3)22-12-7-14-25-15-13-21-18(24)16-8-10-17(11-9-16)23-20(4,5)6/h8-11,22-23H,7,12-15H2,1-6H3,(H,21,24). The van der Waals surface area contributed by atoms with Gasteiger partial charge in [-0.2, -0.15) is 0 Å². The second kappa shape index (κ2) is 9.78. The molecule has 5 nitrogen and oxygen atoms in total. The molecule has 0 saturated heterocycles. The van der Waals surface area contributed by atoms with Crippen molar-refractivity contribution in [2.24, 2.45) is 0 Å². The van der Waals surface area contributed by atoms with Gasteiger partial charge in [-0.1, -0.05) is 0 Å². The van der Waals surface area contributed by atoms with Crippen LogP contribution in [0.15, 0.2) is 24.3 Å². The summed E-state index contributed by atoms with van der Waals surface area (Å²) in [5, 5.41) is 9.67. The zero-order chi connectivity index (χ0) is 18.9. The van der Waals surface area contributed by atoms with Crippen LogP contribution in [0, 0.1) is 0 Å². The largest absolute Gasteiger partial charge is 0.380 e. The molecule has 3 N–H and O–H groups in total. The Hall–Kier alpha value is -1.59. The van der Waals surface area contributed by atoms with E-state index in [0.717, 1.165) is 18.7 Å². The van der Waals surface area contributed by atoms with Crippen molar-refractivity contribution < 1.29 is 9.53 Å². The van der Waals surface area contributed by atoms with E-state index in [4.69, 9.17) is 4.74 Å². The Morgan fingerprint density at radius 3 is 2.12 bits per heavy atom. The number of ether oxygens (including phenoxy) is 1. The molecule has 0 unspecified atom stereocenters. The van der Waals surface area contributed by atoms with Crippen LogP contribution in [-0.2, 0) is 4.74 Å². The van der Waals surface area contributed by atoms with Gasteiger partial charge in [0.2, 0.25) is 0 Å². The number of nitrogens with one attached hydrogen (secondary N) is 3. The molecule has 0 atom stereocenters. The highest BCUT2D eigenvalue weighted by Crippen LogP contribution is 2.15.